The molecule has 0 saturated heterocycles. The second kappa shape index (κ2) is 7.14. The molecule has 19 heavy (non-hydrogen) atoms. The summed E-state index contributed by atoms with van der Waals surface area (Å²) < 4.78 is 0. The van der Waals surface area contributed by atoms with Crippen molar-refractivity contribution in [2.45, 2.75) is 26.8 Å². The maximum Gasteiger partial charge on any atom is 0.251 e. The van der Waals surface area contributed by atoms with Gasteiger partial charge in [0.1, 0.15) is 6.04 Å². The average molecular weight is 283 g/mol. The maximum atomic E-state index is 12.0. The first-order chi connectivity index (χ1) is 8.99. The SMILES string of the molecule is CCN(CC)C(=O)C(C)NC(=O)c1ccc(Cl)cc1. The monoisotopic (exact) mass is 282 g/mol. The van der Waals surface area contributed by atoms with Gasteiger partial charge in [0, 0.05) is 23.7 Å². The number of nitrogens with one attached hydrogen (secondary N) is 1. The first-order valence-electron chi connectivity index (χ1n) is 6.34. The van der Waals surface area contributed by atoms with Gasteiger partial charge in [-0.3, -0.25) is 9.59 Å². The molecule has 0 radical (unpaired) electrons. The molecule has 1 N–H and O–H groups in total. The molecule has 5 heteroatoms. The average Bonchev–Trinajstić information content (AvgIpc) is 2.40. The summed E-state index contributed by atoms with van der Waals surface area (Å²) in [6, 6.07) is 6.02. The second-order valence-electron chi connectivity index (χ2n) is 4.21. The molecule has 0 fully saturated rings. The zero-order chi connectivity index (χ0) is 14.4. The third-order valence-corrected chi connectivity index (χ3v) is 3.15. The maximum absolute atomic E-state index is 12.0. The van der Waals surface area contributed by atoms with E-state index >= 15 is 0 Å². The third-order valence-electron chi connectivity index (χ3n) is 2.90. The molecule has 0 aromatic heterocycles. The summed E-state index contributed by atoms with van der Waals surface area (Å²) in [4.78, 5) is 25.6. The van der Waals surface area contributed by atoms with Crippen LogP contribution in [0, 0.1) is 0 Å². The van der Waals surface area contributed by atoms with Crippen LogP contribution in [0.1, 0.15) is 31.1 Å². The summed E-state index contributed by atoms with van der Waals surface area (Å²) in [5.74, 6) is -0.350. The van der Waals surface area contributed by atoms with Crippen LogP contribution in [-0.4, -0.2) is 35.8 Å². The molecule has 1 unspecified atom stereocenters. The summed E-state index contributed by atoms with van der Waals surface area (Å²) in [7, 11) is 0. The lowest BCUT2D eigenvalue weighted by Gasteiger charge is -2.23. The Morgan fingerprint density at radius 1 is 1.21 bits per heavy atom. The Morgan fingerprint density at radius 2 is 1.74 bits per heavy atom. The van der Waals surface area contributed by atoms with E-state index in [9.17, 15) is 9.59 Å². The lowest BCUT2D eigenvalue weighted by Crippen LogP contribution is -2.46. The zero-order valence-electron chi connectivity index (χ0n) is 11.4. The van der Waals surface area contributed by atoms with Crippen molar-refractivity contribution in [2.24, 2.45) is 0 Å². The zero-order valence-corrected chi connectivity index (χ0v) is 12.2. The van der Waals surface area contributed by atoms with E-state index in [1.165, 1.54) is 0 Å². The van der Waals surface area contributed by atoms with Gasteiger partial charge in [-0.05, 0) is 45.0 Å². The number of hydrogen-bond donors (Lipinski definition) is 1. The van der Waals surface area contributed by atoms with Crippen molar-refractivity contribution in [1.29, 1.82) is 0 Å². The number of carbonyl (C=O) groups is 2. The normalized spacial score (nSPS) is 11.8. The Morgan fingerprint density at radius 3 is 2.21 bits per heavy atom. The highest BCUT2D eigenvalue weighted by Gasteiger charge is 2.20. The molecular formula is C14H19ClN2O2. The van der Waals surface area contributed by atoms with E-state index in [2.05, 4.69) is 5.32 Å². The largest absolute Gasteiger partial charge is 0.341 e. The van der Waals surface area contributed by atoms with E-state index in [1.807, 2.05) is 13.8 Å². The molecule has 0 aliphatic rings. The topological polar surface area (TPSA) is 49.4 Å². The van der Waals surface area contributed by atoms with Gasteiger partial charge < -0.3 is 10.2 Å². The van der Waals surface area contributed by atoms with Gasteiger partial charge in [0.15, 0.2) is 0 Å². The van der Waals surface area contributed by atoms with E-state index in [-0.39, 0.29) is 11.8 Å². The molecule has 104 valence electrons. The van der Waals surface area contributed by atoms with Crippen molar-refractivity contribution >= 4 is 23.4 Å². The molecule has 0 heterocycles. The van der Waals surface area contributed by atoms with Crippen LogP contribution in [0.15, 0.2) is 24.3 Å². The van der Waals surface area contributed by atoms with Gasteiger partial charge in [-0.2, -0.15) is 0 Å². The van der Waals surface area contributed by atoms with Crippen molar-refractivity contribution in [3.05, 3.63) is 34.9 Å². The molecule has 0 aliphatic carbocycles. The van der Waals surface area contributed by atoms with Crippen LogP contribution in [-0.2, 0) is 4.79 Å². The number of carbonyl (C=O) groups excluding carboxylic acids is 2. The standard InChI is InChI=1S/C14H19ClN2O2/c1-4-17(5-2)14(19)10(3)16-13(18)11-6-8-12(15)9-7-11/h6-10H,4-5H2,1-3H3,(H,16,18). The van der Waals surface area contributed by atoms with Crippen LogP contribution >= 0.6 is 11.6 Å². The molecule has 1 rings (SSSR count). The highest BCUT2D eigenvalue weighted by atomic mass is 35.5. The minimum atomic E-state index is -0.539. The van der Waals surface area contributed by atoms with Crippen LogP contribution < -0.4 is 5.32 Å². The van der Waals surface area contributed by atoms with Gasteiger partial charge >= 0.3 is 0 Å². The summed E-state index contributed by atoms with van der Waals surface area (Å²) in [6.07, 6.45) is 0. The van der Waals surface area contributed by atoms with Crippen molar-refractivity contribution in [1.82, 2.24) is 10.2 Å². The summed E-state index contributed by atoms with van der Waals surface area (Å²) in [6.45, 7) is 6.78. The Kier molecular flexibility index (Phi) is 5.83. The van der Waals surface area contributed by atoms with E-state index in [0.717, 1.165) is 0 Å². The molecule has 1 aromatic carbocycles. The number of halogens is 1. The summed E-state index contributed by atoms with van der Waals surface area (Å²) >= 11 is 5.76. The van der Waals surface area contributed by atoms with Gasteiger partial charge in [-0.15, -0.1) is 0 Å². The van der Waals surface area contributed by atoms with Gasteiger partial charge in [0.25, 0.3) is 5.91 Å². The van der Waals surface area contributed by atoms with Gasteiger partial charge in [-0.1, -0.05) is 11.6 Å². The Labute approximate surface area is 118 Å². The molecule has 1 aromatic rings. The van der Waals surface area contributed by atoms with Crippen molar-refractivity contribution in [3.8, 4) is 0 Å². The summed E-state index contributed by atoms with van der Waals surface area (Å²) in [5, 5.41) is 3.26. The van der Waals surface area contributed by atoms with Gasteiger partial charge in [0.2, 0.25) is 5.91 Å². The fraction of sp³-hybridized carbons (Fsp3) is 0.429. The minimum absolute atomic E-state index is 0.0766. The highest BCUT2D eigenvalue weighted by Crippen LogP contribution is 2.09. The van der Waals surface area contributed by atoms with Crippen molar-refractivity contribution in [3.63, 3.8) is 0 Å². The van der Waals surface area contributed by atoms with Crippen LogP contribution in [0.5, 0.6) is 0 Å². The first kappa shape index (κ1) is 15.5. The minimum Gasteiger partial charge on any atom is -0.341 e. The molecule has 2 amide bonds. The van der Waals surface area contributed by atoms with Crippen molar-refractivity contribution in [2.75, 3.05) is 13.1 Å². The van der Waals surface area contributed by atoms with Crippen LogP contribution in [0.4, 0.5) is 0 Å². The molecule has 0 saturated carbocycles. The number of rotatable bonds is 5. The van der Waals surface area contributed by atoms with E-state index in [0.29, 0.717) is 23.7 Å². The lowest BCUT2D eigenvalue weighted by molar-refractivity contribution is -0.132. The number of likely N-dealkylation sites (N-methyl/N-ethyl adjacent to an activating group) is 1. The molecule has 1 atom stereocenters. The Bertz CT molecular complexity index is 441. The number of amides is 2. The predicted octanol–water partition coefficient (Wildman–Crippen LogP) is 2.33. The summed E-state index contributed by atoms with van der Waals surface area (Å²) in [5.41, 5.74) is 0.489. The second-order valence-corrected chi connectivity index (χ2v) is 4.65. The third kappa shape index (κ3) is 4.24. The van der Waals surface area contributed by atoms with Gasteiger partial charge in [-0.25, -0.2) is 0 Å². The van der Waals surface area contributed by atoms with Crippen LogP contribution in [0.3, 0.4) is 0 Å². The molecular weight excluding hydrogens is 264 g/mol. The Hall–Kier alpha value is -1.55. The highest BCUT2D eigenvalue weighted by molar-refractivity contribution is 6.30. The van der Waals surface area contributed by atoms with E-state index in [1.54, 1.807) is 36.1 Å². The fourth-order valence-corrected chi connectivity index (χ4v) is 1.88. The van der Waals surface area contributed by atoms with Crippen LogP contribution in [0.2, 0.25) is 5.02 Å². The quantitative estimate of drug-likeness (QED) is 0.901. The fourth-order valence-electron chi connectivity index (χ4n) is 1.75. The molecule has 0 spiro atoms. The molecule has 0 aliphatic heterocycles. The predicted molar refractivity (Wildman–Crippen MR) is 76.3 cm³/mol. The Balaban J connectivity index is 2.66. The molecule has 0 bridgehead atoms. The smallest absolute Gasteiger partial charge is 0.251 e. The lowest BCUT2D eigenvalue weighted by atomic mass is 10.2. The van der Waals surface area contributed by atoms with E-state index in [4.69, 9.17) is 11.6 Å². The number of benzene rings is 1. The van der Waals surface area contributed by atoms with E-state index < -0.39 is 6.04 Å². The van der Waals surface area contributed by atoms with Crippen LogP contribution in [0.25, 0.3) is 0 Å². The first-order valence-corrected chi connectivity index (χ1v) is 6.72. The van der Waals surface area contributed by atoms with Crippen molar-refractivity contribution < 1.29 is 9.59 Å². The number of nitrogens with zero attached hydrogens (tertiary/aromatic N) is 1. The van der Waals surface area contributed by atoms with Gasteiger partial charge in [0.05, 0.1) is 0 Å². The molecule has 4 nitrogen and oxygen atoms in total. The number of hydrogen-bond acceptors (Lipinski definition) is 2.